The van der Waals surface area contributed by atoms with Crippen LogP contribution in [0, 0.1) is 0 Å². The third-order valence-electron chi connectivity index (χ3n) is 3.95. The number of nitrogens with zero attached hydrogens (tertiary/aromatic N) is 2. The van der Waals surface area contributed by atoms with Crippen molar-refractivity contribution in [3.63, 3.8) is 0 Å². The second-order valence-electron chi connectivity index (χ2n) is 6.67. The van der Waals surface area contributed by atoms with E-state index in [0.29, 0.717) is 10.3 Å². The molecule has 0 spiro atoms. The van der Waals surface area contributed by atoms with Crippen LogP contribution < -0.4 is 10.5 Å². The minimum absolute atomic E-state index is 0.136. The summed E-state index contributed by atoms with van der Waals surface area (Å²) in [5, 5.41) is 0. The number of aromatic nitrogens is 2. The molecule has 2 aromatic carbocycles. The van der Waals surface area contributed by atoms with Gasteiger partial charge in [0.1, 0.15) is 5.82 Å². The molecule has 0 saturated heterocycles. The van der Waals surface area contributed by atoms with Gasteiger partial charge >= 0.3 is 0 Å². The Hall–Kier alpha value is -1.55. The molecule has 8 nitrogen and oxygen atoms in total. The van der Waals surface area contributed by atoms with Crippen LogP contribution in [0.5, 0.6) is 0 Å². The van der Waals surface area contributed by atoms with Gasteiger partial charge in [0, 0.05) is 32.0 Å². The van der Waals surface area contributed by atoms with Gasteiger partial charge in [0.2, 0.25) is 0 Å². The van der Waals surface area contributed by atoms with Gasteiger partial charge in [-0.05, 0) is 100 Å². The van der Waals surface area contributed by atoms with Crippen molar-refractivity contribution in [1.29, 1.82) is 0 Å². The van der Waals surface area contributed by atoms with Gasteiger partial charge in [-0.25, -0.2) is 26.8 Å². The Balaban J connectivity index is 0.000000214. The number of rotatable bonds is 4. The second-order valence-corrected chi connectivity index (χ2v) is 14.5. The Bertz CT molecular complexity index is 1550. The van der Waals surface area contributed by atoms with Crippen LogP contribution in [0.3, 0.4) is 0 Å². The van der Waals surface area contributed by atoms with E-state index in [4.69, 9.17) is 16.4 Å². The molecule has 0 bridgehead atoms. The Morgan fingerprint density at radius 1 is 0.703 bits per heavy atom. The van der Waals surface area contributed by atoms with Gasteiger partial charge in [-0.2, -0.15) is 0 Å². The Kier molecular flexibility index (Phi) is 12.5. The normalized spacial score (nSPS) is 10.8. The smallest absolute Gasteiger partial charge is 0.263 e. The molecule has 0 unspecified atom stereocenters. The molecule has 4 rings (SSSR count). The average molecular weight is 821 g/mol. The van der Waals surface area contributed by atoms with E-state index in [2.05, 4.69) is 78.4 Å². The van der Waals surface area contributed by atoms with Gasteiger partial charge in [-0.3, -0.25) is 4.72 Å². The lowest BCUT2D eigenvalue weighted by Crippen LogP contribution is -2.14. The van der Waals surface area contributed by atoms with E-state index in [-0.39, 0.29) is 15.6 Å². The molecule has 0 aliphatic rings. The molecular weight excluding hydrogens is 803 g/mol. The number of nitrogens with one attached hydrogen (secondary N) is 1. The van der Waals surface area contributed by atoms with E-state index >= 15 is 0 Å². The zero-order valence-corrected chi connectivity index (χ0v) is 27.1. The Morgan fingerprint density at radius 2 is 1.16 bits per heavy atom. The van der Waals surface area contributed by atoms with Crippen molar-refractivity contribution >= 4 is 105 Å². The molecule has 2 heterocycles. The van der Waals surface area contributed by atoms with Crippen molar-refractivity contribution in [2.45, 2.75) is 9.79 Å². The number of anilines is 2. The van der Waals surface area contributed by atoms with Gasteiger partial charge < -0.3 is 5.73 Å². The molecule has 0 aliphatic carbocycles. The molecule has 3 N–H and O–H groups in total. The van der Waals surface area contributed by atoms with Gasteiger partial charge in [0.25, 0.3) is 19.1 Å². The van der Waals surface area contributed by atoms with Crippen molar-refractivity contribution in [3.8, 4) is 0 Å². The molecule has 2 aromatic heterocycles. The molecule has 0 aliphatic heterocycles. The highest BCUT2D eigenvalue weighted by Crippen LogP contribution is 2.25. The number of nitrogen functional groups attached to an aromatic ring is 1. The van der Waals surface area contributed by atoms with E-state index in [1.165, 1.54) is 30.5 Å². The van der Waals surface area contributed by atoms with E-state index in [1.54, 1.807) is 48.7 Å². The molecule has 196 valence electrons. The topological polar surface area (TPSA) is 132 Å². The minimum atomic E-state index is -3.61. The van der Waals surface area contributed by atoms with Gasteiger partial charge in [-0.1, -0.05) is 36.4 Å². The quantitative estimate of drug-likeness (QED) is 0.208. The fourth-order valence-electron chi connectivity index (χ4n) is 2.28. The molecule has 0 radical (unpaired) electrons. The summed E-state index contributed by atoms with van der Waals surface area (Å²) in [5.41, 5.74) is 5.41. The lowest BCUT2D eigenvalue weighted by Gasteiger charge is -2.08. The maximum Gasteiger partial charge on any atom is 0.263 e. The van der Waals surface area contributed by atoms with Crippen molar-refractivity contribution in [2.75, 3.05) is 10.5 Å². The Labute approximate surface area is 253 Å². The number of benzene rings is 2. The number of hydrogen-bond acceptors (Lipinski definition) is 7. The predicted octanol–water partition coefficient (Wildman–Crippen LogP) is 7.21. The van der Waals surface area contributed by atoms with E-state index in [0.717, 1.165) is 13.4 Å². The molecule has 0 atom stereocenters. The third kappa shape index (κ3) is 11.0. The van der Waals surface area contributed by atoms with Crippen LogP contribution in [0.1, 0.15) is 0 Å². The fourth-order valence-corrected chi connectivity index (χ4v) is 6.33. The minimum Gasteiger partial charge on any atom is -0.383 e. The van der Waals surface area contributed by atoms with Crippen LogP contribution in [0.25, 0.3) is 0 Å². The Morgan fingerprint density at radius 3 is 1.57 bits per heavy atom. The lowest BCUT2D eigenvalue weighted by molar-refractivity contribution is 0.600. The maximum absolute atomic E-state index is 12.1. The molecule has 4 aromatic rings. The molecule has 0 amide bonds. The number of pyridine rings is 2. The molecule has 15 heteroatoms. The molecule has 0 saturated carbocycles. The largest absolute Gasteiger partial charge is 0.383 e. The number of nitrogens with two attached hydrogens (primary N) is 1. The third-order valence-corrected chi connectivity index (χ3v) is 8.78. The number of sulfonamides is 1. The van der Waals surface area contributed by atoms with Crippen molar-refractivity contribution < 1.29 is 16.8 Å². The predicted molar refractivity (Wildman–Crippen MR) is 160 cm³/mol. The highest BCUT2D eigenvalue weighted by Gasteiger charge is 2.15. The zero-order valence-electron chi connectivity index (χ0n) is 18.4. The highest BCUT2D eigenvalue weighted by atomic mass is 79.9. The summed E-state index contributed by atoms with van der Waals surface area (Å²) in [4.78, 5) is 8.20. The standard InChI is InChI=1S/C11H8Br2N2O2S.C6H5ClO2S.C5H4Br2N2/c12-8-6-10(13)11(14-7-8)15-18(16,17)9-4-2-1-3-5-9;7-10(8,9)6-4-2-1-3-5-6;6-3-1-4(7)5(8)9-2-3/h1-7H,(H,14,15);1-5H;1-2H,(H2,8,9). The van der Waals surface area contributed by atoms with Crippen molar-refractivity contribution in [3.05, 3.63) is 103 Å². The first kappa shape index (κ1) is 31.7. The fraction of sp³-hybridized carbons (Fsp3) is 0. The van der Waals surface area contributed by atoms with E-state index < -0.39 is 19.1 Å². The van der Waals surface area contributed by atoms with Crippen LogP contribution in [0.4, 0.5) is 11.6 Å². The van der Waals surface area contributed by atoms with Crippen LogP contribution in [0.2, 0.25) is 0 Å². The summed E-state index contributed by atoms with van der Waals surface area (Å²) in [7, 11) is -2.11. The average Bonchev–Trinajstić information content (AvgIpc) is 2.85. The number of hydrogen-bond donors (Lipinski definition) is 2. The second kappa shape index (κ2) is 14.6. The van der Waals surface area contributed by atoms with E-state index in [9.17, 15) is 16.8 Å². The van der Waals surface area contributed by atoms with Crippen LogP contribution >= 0.6 is 74.4 Å². The summed E-state index contributed by atoms with van der Waals surface area (Å²) < 4.78 is 50.8. The van der Waals surface area contributed by atoms with Gasteiger partial charge in [0.15, 0.2) is 5.82 Å². The number of halogens is 5. The first-order chi connectivity index (χ1) is 17.3. The SMILES string of the molecule is Nc1ncc(Br)cc1Br.O=S(=O)(Cl)c1ccccc1.O=S(=O)(Nc1ncc(Br)cc1Br)c1ccccc1. The van der Waals surface area contributed by atoms with Crippen molar-refractivity contribution in [1.82, 2.24) is 9.97 Å². The monoisotopic (exact) mass is 816 g/mol. The molecule has 37 heavy (non-hydrogen) atoms. The van der Waals surface area contributed by atoms with Crippen LogP contribution in [-0.2, 0) is 19.1 Å². The molecule has 0 fully saturated rings. The first-order valence-electron chi connectivity index (χ1n) is 9.74. The van der Waals surface area contributed by atoms with Crippen molar-refractivity contribution in [2.24, 2.45) is 0 Å². The van der Waals surface area contributed by atoms with Crippen LogP contribution in [0.15, 0.2) is 113 Å². The lowest BCUT2D eigenvalue weighted by atomic mass is 10.4. The first-order valence-corrected chi connectivity index (χ1v) is 16.7. The van der Waals surface area contributed by atoms with Gasteiger partial charge in [0.05, 0.1) is 18.7 Å². The summed E-state index contributed by atoms with van der Waals surface area (Å²) in [6.45, 7) is 0. The summed E-state index contributed by atoms with van der Waals surface area (Å²) in [6.07, 6.45) is 3.17. The van der Waals surface area contributed by atoms with Crippen LogP contribution in [-0.4, -0.2) is 26.8 Å². The van der Waals surface area contributed by atoms with Gasteiger partial charge in [-0.15, -0.1) is 0 Å². The molecular formula is C22H17Br4ClN4O4S2. The maximum atomic E-state index is 12.1. The summed E-state index contributed by atoms with van der Waals surface area (Å²) in [6, 6.07) is 19.6. The summed E-state index contributed by atoms with van der Waals surface area (Å²) >= 11 is 13.0. The highest BCUT2D eigenvalue weighted by molar-refractivity contribution is 9.11. The zero-order chi connectivity index (χ0) is 27.6. The summed E-state index contributed by atoms with van der Waals surface area (Å²) in [5.74, 6) is 0.764. The van der Waals surface area contributed by atoms with E-state index in [1.807, 2.05) is 6.07 Å².